The van der Waals surface area contributed by atoms with Crippen LogP contribution in [0.25, 0.3) is 0 Å². The van der Waals surface area contributed by atoms with Gasteiger partial charge in [-0.3, -0.25) is 9.98 Å². The van der Waals surface area contributed by atoms with Crippen molar-refractivity contribution in [2.75, 3.05) is 26.7 Å². The molecular formula is C18H29N5O2. The number of alkyl carbamates (subject to hydrolysis) is 1. The van der Waals surface area contributed by atoms with Gasteiger partial charge in [0.2, 0.25) is 0 Å². The third-order valence-corrected chi connectivity index (χ3v) is 3.81. The van der Waals surface area contributed by atoms with E-state index < -0.39 is 5.60 Å². The minimum Gasteiger partial charge on any atom is -0.444 e. The number of rotatable bonds is 4. The van der Waals surface area contributed by atoms with E-state index >= 15 is 0 Å². The average molecular weight is 347 g/mol. The highest BCUT2D eigenvalue weighted by Gasteiger charge is 2.27. The van der Waals surface area contributed by atoms with Crippen molar-refractivity contribution < 1.29 is 9.53 Å². The van der Waals surface area contributed by atoms with Gasteiger partial charge in [-0.15, -0.1) is 0 Å². The average Bonchev–Trinajstić information content (AvgIpc) is 2.99. The summed E-state index contributed by atoms with van der Waals surface area (Å²) in [6, 6.07) is 5.99. The molecule has 1 aliphatic rings. The number of ether oxygens (including phenoxy) is 1. The van der Waals surface area contributed by atoms with Gasteiger partial charge >= 0.3 is 6.09 Å². The van der Waals surface area contributed by atoms with Gasteiger partial charge < -0.3 is 20.3 Å². The Hall–Kier alpha value is -2.31. The predicted molar refractivity (Wildman–Crippen MR) is 98.7 cm³/mol. The Balaban J connectivity index is 1.76. The van der Waals surface area contributed by atoms with Gasteiger partial charge in [0.25, 0.3) is 0 Å². The fourth-order valence-corrected chi connectivity index (χ4v) is 2.73. The standard InChI is InChI=1S/C18H29N5O2/c1-18(2,3)25-17(24)22-15-9-12-23(13-15)16(19-4)21-11-8-14-7-5-6-10-20-14/h5-7,10,15H,8-9,11-13H2,1-4H3,(H,19,21)(H,22,24). The van der Waals surface area contributed by atoms with E-state index in [9.17, 15) is 4.79 Å². The van der Waals surface area contributed by atoms with Crippen molar-refractivity contribution >= 4 is 12.1 Å². The largest absolute Gasteiger partial charge is 0.444 e. The second-order valence-corrected chi connectivity index (χ2v) is 7.12. The summed E-state index contributed by atoms with van der Waals surface area (Å²) in [6.07, 6.45) is 3.16. The van der Waals surface area contributed by atoms with Crippen molar-refractivity contribution in [3.05, 3.63) is 30.1 Å². The Morgan fingerprint density at radius 1 is 1.44 bits per heavy atom. The monoisotopic (exact) mass is 347 g/mol. The number of carbonyl (C=O) groups is 1. The number of guanidine groups is 1. The third-order valence-electron chi connectivity index (χ3n) is 3.81. The summed E-state index contributed by atoms with van der Waals surface area (Å²) in [4.78, 5) is 22.7. The SMILES string of the molecule is CN=C(NCCc1ccccn1)N1CCC(NC(=O)OC(C)(C)C)C1. The van der Waals surface area contributed by atoms with Gasteiger partial charge in [0.15, 0.2) is 5.96 Å². The van der Waals surface area contributed by atoms with Gasteiger partial charge in [0.05, 0.1) is 6.04 Å². The van der Waals surface area contributed by atoms with Gasteiger partial charge in [-0.05, 0) is 39.3 Å². The molecule has 1 saturated heterocycles. The van der Waals surface area contributed by atoms with E-state index in [-0.39, 0.29) is 12.1 Å². The highest BCUT2D eigenvalue weighted by Crippen LogP contribution is 2.12. The molecule has 2 rings (SSSR count). The van der Waals surface area contributed by atoms with E-state index in [1.807, 2.05) is 39.0 Å². The molecule has 0 aromatic carbocycles. The lowest BCUT2D eigenvalue weighted by atomic mass is 10.2. The lowest BCUT2D eigenvalue weighted by molar-refractivity contribution is 0.0507. The molecule has 138 valence electrons. The van der Waals surface area contributed by atoms with Gasteiger partial charge in [-0.1, -0.05) is 6.07 Å². The lowest BCUT2D eigenvalue weighted by Gasteiger charge is -2.23. The van der Waals surface area contributed by atoms with Crippen molar-refractivity contribution in [1.29, 1.82) is 0 Å². The van der Waals surface area contributed by atoms with Crippen molar-refractivity contribution in [2.24, 2.45) is 4.99 Å². The maximum atomic E-state index is 11.9. The van der Waals surface area contributed by atoms with Crippen LogP contribution in [-0.2, 0) is 11.2 Å². The van der Waals surface area contributed by atoms with Crippen LogP contribution < -0.4 is 10.6 Å². The molecule has 25 heavy (non-hydrogen) atoms. The van der Waals surface area contributed by atoms with Crippen LogP contribution in [0.1, 0.15) is 32.9 Å². The fourth-order valence-electron chi connectivity index (χ4n) is 2.73. The van der Waals surface area contributed by atoms with Crippen LogP contribution in [0.4, 0.5) is 4.79 Å². The number of nitrogens with zero attached hydrogens (tertiary/aromatic N) is 3. The second kappa shape index (κ2) is 8.69. The number of amides is 1. The number of likely N-dealkylation sites (tertiary alicyclic amines) is 1. The molecule has 0 saturated carbocycles. The molecule has 1 amide bonds. The zero-order valence-electron chi connectivity index (χ0n) is 15.6. The highest BCUT2D eigenvalue weighted by molar-refractivity contribution is 5.80. The molecular weight excluding hydrogens is 318 g/mol. The molecule has 1 aromatic heterocycles. The number of pyridine rings is 1. The van der Waals surface area contributed by atoms with Crippen molar-refractivity contribution in [1.82, 2.24) is 20.5 Å². The molecule has 7 nitrogen and oxygen atoms in total. The van der Waals surface area contributed by atoms with Crippen molar-refractivity contribution in [2.45, 2.75) is 45.3 Å². The first-order chi connectivity index (χ1) is 11.9. The maximum Gasteiger partial charge on any atom is 0.407 e. The van der Waals surface area contributed by atoms with E-state index in [0.717, 1.165) is 44.1 Å². The predicted octanol–water partition coefficient (Wildman–Crippen LogP) is 1.80. The van der Waals surface area contributed by atoms with Crippen LogP contribution in [0, 0.1) is 0 Å². The first kappa shape index (κ1) is 19.0. The van der Waals surface area contributed by atoms with Gasteiger partial charge in [0, 0.05) is 45.0 Å². The van der Waals surface area contributed by atoms with Crippen LogP contribution in [-0.4, -0.2) is 60.3 Å². The number of carbonyl (C=O) groups excluding carboxylic acids is 1. The number of hydrogen-bond donors (Lipinski definition) is 2. The van der Waals surface area contributed by atoms with Crippen LogP contribution >= 0.6 is 0 Å². The Kier molecular flexibility index (Phi) is 6.61. The molecule has 2 N–H and O–H groups in total. The minimum atomic E-state index is -0.481. The number of aromatic nitrogens is 1. The Morgan fingerprint density at radius 3 is 2.88 bits per heavy atom. The molecule has 1 aromatic rings. The van der Waals surface area contributed by atoms with Crippen molar-refractivity contribution in [3.8, 4) is 0 Å². The zero-order chi connectivity index (χ0) is 18.3. The normalized spacial score (nSPS) is 18.2. The first-order valence-corrected chi connectivity index (χ1v) is 8.72. The van der Waals surface area contributed by atoms with E-state index in [4.69, 9.17) is 4.74 Å². The van der Waals surface area contributed by atoms with Gasteiger partial charge in [-0.2, -0.15) is 0 Å². The first-order valence-electron chi connectivity index (χ1n) is 8.72. The molecule has 0 radical (unpaired) electrons. The van der Waals surface area contributed by atoms with E-state index in [1.165, 1.54) is 0 Å². The van der Waals surface area contributed by atoms with Crippen LogP contribution in [0.5, 0.6) is 0 Å². The van der Waals surface area contributed by atoms with E-state index in [1.54, 1.807) is 13.2 Å². The maximum absolute atomic E-state index is 11.9. The fraction of sp³-hybridized carbons (Fsp3) is 0.611. The third kappa shape index (κ3) is 6.60. The summed E-state index contributed by atoms with van der Waals surface area (Å²) in [5.74, 6) is 0.851. The topological polar surface area (TPSA) is 78.9 Å². The summed E-state index contributed by atoms with van der Waals surface area (Å²) in [5, 5.41) is 6.29. The minimum absolute atomic E-state index is 0.0733. The molecule has 1 aliphatic heterocycles. The summed E-state index contributed by atoms with van der Waals surface area (Å²) in [7, 11) is 1.78. The molecule has 7 heteroatoms. The molecule has 0 spiro atoms. The summed E-state index contributed by atoms with van der Waals surface area (Å²) in [6.45, 7) is 7.93. The van der Waals surface area contributed by atoms with Crippen LogP contribution in [0.3, 0.4) is 0 Å². The molecule has 0 aliphatic carbocycles. The number of hydrogen-bond acceptors (Lipinski definition) is 4. The number of aliphatic imine (C=N–C) groups is 1. The van der Waals surface area contributed by atoms with Crippen LogP contribution in [0.2, 0.25) is 0 Å². The molecule has 1 fully saturated rings. The van der Waals surface area contributed by atoms with E-state index in [0.29, 0.717) is 0 Å². The highest BCUT2D eigenvalue weighted by atomic mass is 16.6. The van der Waals surface area contributed by atoms with Crippen LogP contribution in [0.15, 0.2) is 29.4 Å². The van der Waals surface area contributed by atoms with Gasteiger partial charge in [0.1, 0.15) is 5.60 Å². The number of nitrogens with one attached hydrogen (secondary N) is 2. The van der Waals surface area contributed by atoms with Gasteiger partial charge in [-0.25, -0.2) is 4.79 Å². The molecule has 0 bridgehead atoms. The Labute approximate surface area is 149 Å². The summed E-state index contributed by atoms with van der Waals surface area (Å²) < 4.78 is 5.31. The van der Waals surface area contributed by atoms with E-state index in [2.05, 4.69) is 25.5 Å². The second-order valence-electron chi connectivity index (χ2n) is 7.12. The molecule has 2 heterocycles. The summed E-state index contributed by atoms with van der Waals surface area (Å²) in [5.41, 5.74) is 0.571. The smallest absolute Gasteiger partial charge is 0.407 e. The summed E-state index contributed by atoms with van der Waals surface area (Å²) >= 11 is 0. The quantitative estimate of drug-likeness (QED) is 0.641. The molecule has 1 atom stereocenters. The Bertz CT molecular complexity index is 583. The zero-order valence-corrected chi connectivity index (χ0v) is 15.6. The van der Waals surface area contributed by atoms with Crippen molar-refractivity contribution in [3.63, 3.8) is 0 Å². The lowest BCUT2D eigenvalue weighted by Crippen LogP contribution is -2.44. The Morgan fingerprint density at radius 2 is 2.24 bits per heavy atom. The molecule has 1 unspecified atom stereocenters.